The van der Waals surface area contributed by atoms with E-state index < -0.39 is 0 Å². The van der Waals surface area contributed by atoms with Crippen LogP contribution in [0.1, 0.15) is 18.4 Å². The number of methoxy groups -OCH3 is 1. The summed E-state index contributed by atoms with van der Waals surface area (Å²) in [5, 5.41) is 11.6. The Bertz CT molecular complexity index is 401. The van der Waals surface area contributed by atoms with Gasteiger partial charge in [-0.1, -0.05) is 28.1 Å². The Balaban J connectivity index is 2.84. The molecule has 0 amide bonds. The van der Waals surface area contributed by atoms with Crippen LogP contribution in [0.3, 0.4) is 0 Å². The van der Waals surface area contributed by atoms with E-state index in [2.05, 4.69) is 15.9 Å². The van der Waals surface area contributed by atoms with Gasteiger partial charge in [0, 0.05) is 17.8 Å². The number of halogens is 1. The lowest BCUT2D eigenvalue weighted by Crippen LogP contribution is -1.99. The SMILES string of the molecule is COc1ccc(/C=C(\CCCBr)[N+](=O)[O-])cc1. The van der Waals surface area contributed by atoms with Gasteiger partial charge in [-0.2, -0.15) is 0 Å². The Labute approximate surface area is 109 Å². The molecule has 0 fully saturated rings. The highest BCUT2D eigenvalue weighted by Crippen LogP contribution is 2.16. The molecule has 0 heterocycles. The van der Waals surface area contributed by atoms with Gasteiger partial charge in [0.1, 0.15) is 5.75 Å². The van der Waals surface area contributed by atoms with Crippen molar-refractivity contribution in [3.05, 3.63) is 45.6 Å². The summed E-state index contributed by atoms with van der Waals surface area (Å²) < 4.78 is 5.03. The number of nitro groups is 1. The minimum Gasteiger partial charge on any atom is -0.497 e. The smallest absolute Gasteiger partial charge is 0.246 e. The van der Waals surface area contributed by atoms with Crippen molar-refractivity contribution in [1.29, 1.82) is 0 Å². The first kappa shape index (κ1) is 13.7. The van der Waals surface area contributed by atoms with Crippen molar-refractivity contribution in [2.24, 2.45) is 0 Å². The summed E-state index contributed by atoms with van der Waals surface area (Å²) in [6, 6.07) is 7.18. The van der Waals surface area contributed by atoms with Crippen molar-refractivity contribution in [2.45, 2.75) is 12.8 Å². The van der Waals surface area contributed by atoms with E-state index in [1.807, 2.05) is 0 Å². The van der Waals surface area contributed by atoms with Gasteiger partial charge in [0.05, 0.1) is 12.0 Å². The van der Waals surface area contributed by atoms with E-state index in [-0.39, 0.29) is 10.6 Å². The lowest BCUT2D eigenvalue weighted by molar-refractivity contribution is -0.426. The van der Waals surface area contributed by atoms with Gasteiger partial charge in [-0.25, -0.2) is 0 Å². The molecule has 0 aliphatic heterocycles. The van der Waals surface area contributed by atoms with Gasteiger partial charge in [0.15, 0.2) is 0 Å². The molecule has 0 aromatic heterocycles. The Kier molecular flexibility index (Phi) is 5.69. The fraction of sp³-hybridized carbons (Fsp3) is 0.333. The van der Waals surface area contributed by atoms with Gasteiger partial charge in [-0.15, -0.1) is 0 Å². The molecule has 1 aromatic rings. The summed E-state index contributed by atoms with van der Waals surface area (Å²) in [5.74, 6) is 0.741. The molecule has 0 aliphatic carbocycles. The van der Waals surface area contributed by atoms with E-state index in [1.54, 1.807) is 37.5 Å². The summed E-state index contributed by atoms with van der Waals surface area (Å²) in [6.45, 7) is 0. The summed E-state index contributed by atoms with van der Waals surface area (Å²) in [5.41, 5.74) is 1.04. The first-order valence-electron chi connectivity index (χ1n) is 5.22. The molecular weight excluding hydrogens is 286 g/mol. The number of ether oxygens (including phenoxy) is 1. The second-order valence-corrected chi connectivity index (χ2v) is 4.25. The molecule has 0 atom stereocenters. The number of benzene rings is 1. The molecule has 4 nitrogen and oxygen atoms in total. The lowest BCUT2D eigenvalue weighted by Gasteiger charge is -2.00. The Hall–Kier alpha value is -1.36. The second-order valence-electron chi connectivity index (χ2n) is 3.46. The molecule has 1 rings (SSSR count). The molecule has 0 radical (unpaired) electrons. The van der Waals surface area contributed by atoms with E-state index in [1.165, 1.54) is 0 Å². The third-order valence-corrected chi connectivity index (χ3v) is 2.81. The zero-order chi connectivity index (χ0) is 12.7. The molecular formula is C12H14BrNO3. The van der Waals surface area contributed by atoms with E-state index in [0.29, 0.717) is 6.42 Å². The minimum absolute atomic E-state index is 0.231. The summed E-state index contributed by atoms with van der Waals surface area (Å²) >= 11 is 3.26. The first-order valence-corrected chi connectivity index (χ1v) is 6.34. The van der Waals surface area contributed by atoms with Crippen LogP contribution in [-0.2, 0) is 0 Å². The van der Waals surface area contributed by atoms with Crippen LogP contribution in [-0.4, -0.2) is 17.4 Å². The highest BCUT2D eigenvalue weighted by atomic mass is 79.9. The van der Waals surface area contributed by atoms with Crippen LogP contribution >= 0.6 is 15.9 Å². The van der Waals surface area contributed by atoms with Gasteiger partial charge in [-0.3, -0.25) is 10.1 Å². The quantitative estimate of drug-likeness (QED) is 0.459. The normalized spacial score (nSPS) is 11.3. The number of hydrogen-bond donors (Lipinski definition) is 0. The maximum atomic E-state index is 10.8. The van der Waals surface area contributed by atoms with E-state index in [4.69, 9.17) is 4.74 Å². The van der Waals surface area contributed by atoms with Crippen molar-refractivity contribution in [3.8, 4) is 5.75 Å². The molecule has 0 bridgehead atoms. The van der Waals surface area contributed by atoms with E-state index >= 15 is 0 Å². The monoisotopic (exact) mass is 299 g/mol. The third kappa shape index (κ3) is 4.56. The first-order chi connectivity index (χ1) is 8.17. The topological polar surface area (TPSA) is 52.4 Å². The zero-order valence-corrected chi connectivity index (χ0v) is 11.1. The molecule has 92 valence electrons. The van der Waals surface area contributed by atoms with Crippen LogP contribution in [0.25, 0.3) is 6.08 Å². The average molecular weight is 300 g/mol. The van der Waals surface area contributed by atoms with Crippen molar-refractivity contribution >= 4 is 22.0 Å². The molecule has 0 N–H and O–H groups in total. The third-order valence-electron chi connectivity index (χ3n) is 2.25. The van der Waals surface area contributed by atoms with Crippen LogP contribution in [0.15, 0.2) is 30.0 Å². The number of nitrogens with zero attached hydrogens (tertiary/aromatic N) is 1. The second kappa shape index (κ2) is 7.06. The summed E-state index contributed by atoms with van der Waals surface area (Å²) in [4.78, 5) is 10.5. The predicted octanol–water partition coefficient (Wildman–Crippen LogP) is 3.49. The molecule has 5 heteroatoms. The van der Waals surface area contributed by atoms with Gasteiger partial charge in [-0.05, 0) is 24.1 Å². The number of rotatable bonds is 6. The molecule has 0 saturated carbocycles. The summed E-state index contributed by atoms with van der Waals surface area (Å²) in [6.07, 6.45) is 2.81. The Morgan fingerprint density at radius 1 is 1.47 bits per heavy atom. The minimum atomic E-state index is -0.326. The van der Waals surface area contributed by atoms with Crippen LogP contribution in [0.2, 0.25) is 0 Å². The zero-order valence-electron chi connectivity index (χ0n) is 9.56. The number of allylic oxidation sites excluding steroid dienone is 1. The summed E-state index contributed by atoms with van der Waals surface area (Å²) in [7, 11) is 1.59. The molecule has 0 saturated heterocycles. The van der Waals surface area contributed by atoms with Gasteiger partial charge in [0.2, 0.25) is 5.70 Å². The van der Waals surface area contributed by atoms with Gasteiger partial charge >= 0.3 is 0 Å². The van der Waals surface area contributed by atoms with Crippen molar-refractivity contribution < 1.29 is 9.66 Å². The Morgan fingerprint density at radius 2 is 2.12 bits per heavy atom. The molecule has 1 aromatic carbocycles. The van der Waals surface area contributed by atoms with Crippen LogP contribution in [0.5, 0.6) is 5.75 Å². The predicted molar refractivity (Wildman–Crippen MR) is 71.0 cm³/mol. The highest BCUT2D eigenvalue weighted by Gasteiger charge is 2.09. The van der Waals surface area contributed by atoms with Crippen molar-refractivity contribution in [1.82, 2.24) is 0 Å². The fourth-order valence-corrected chi connectivity index (χ4v) is 1.64. The Morgan fingerprint density at radius 3 is 2.59 bits per heavy atom. The maximum Gasteiger partial charge on any atom is 0.246 e. The molecule has 0 unspecified atom stereocenters. The molecule has 17 heavy (non-hydrogen) atoms. The average Bonchev–Trinajstić information content (AvgIpc) is 2.35. The maximum absolute atomic E-state index is 10.8. The van der Waals surface area contributed by atoms with E-state index in [9.17, 15) is 10.1 Å². The van der Waals surface area contributed by atoms with Crippen LogP contribution < -0.4 is 4.74 Å². The molecule has 0 spiro atoms. The number of hydrogen-bond acceptors (Lipinski definition) is 3. The van der Waals surface area contributed by atoms with Crippen molar-refractivity contribution in [3.63, 3.8) is 0 Å². The lowest BCUT2D eigenvalue weighted by atomic mass is 10.1. The standard InChI is InChI=1S/C12H14BrNO3/c1-17-12-6-4-10(5-7-12)9-11(14(15)16)3-2-8-13/h4-7,9H,2-3,8H2,1H3/b11-9+. The van der Waals surface area contributed by atoms with Crippen LogP contribution in [0, 0.1) is 10.1 Å². The van der Waals surface area contributed by atoms with E-state index in [0.717, 1.165) is 23.1 Å². The largest absolute Gasteiger partial charge is 0.497 e. The number of alkyl halides is 1. The van der Waals surface area contributed by atoms with Crippen LogP contribution in [0.4, 0.5) is 0 Å². The molecule has 0 aliphatic rings. The van der Waals surface area contributed by atoms with Gasteiger partial charge in [0.25, 0.3) is 0 Å². The van der Waals surface area contributed by atoms with Gasteiger partial charge < -0.3 is 4.74 Å². The highest BCUT2D eigenvalue weighted by molar-refractivity contribution is 9.09. The van der Waals surface area contributed by atoms with Crippen molar-refractivity contribution in [2.75, 3.05) is 12.4 Å². The fourth-order valence-electron chi connectivity index (χ4n) is 1.36.